The fraction of sp³-hybridized carbons (Fsp3) is 0.429. The molecule has 1 aliphatic heterocycles. The highest BCUT2D eigenvalue weighted by molar-refractivity contribution is 7.78. The van der Waals surface area contributed by atoms with Crippen LogP contribution in [0, 0.1) is 0 Å². The molecule has 1 aromatic carbocycles. The van der Waals surface area contributed by atoms with Gasteiger partial charge in [-0.25, -0.2) is 19.2 Å². The molecule has 0 aromatic heterocycles. The molecule has 2 rings (SSSR count). The highest BCUT2D eigenvalue weighted by atomic mass is 35.5. The second kappa shape index (κ2) is 9.80. The Balaban J connectivity index is 1.74. The minimum absolute atomic E-state index is 0.251. The third-order valence-electron chi connectivity index (χ3n) is 3.57. The van der Waals surface area contributed by atoms with Crippen LogP contribution in [0.4, 0.5) is 10.5 Å². The lowest BCUT2D eigenvalue weighted by Gasteiger charge is -2.33. The SMILES string of the molecule is CC(NS(=O)ON1CCN(C(=O)Nc2ccc(Cl)cc2)CC1)C(=O)NO. The van der Waals surface area contributed by atoms with Crippen LogP contribution < -0.4 is 15.5 Å². The zero-order valence-corrected chi connectivity index (χ0v) is 15.5. The van der Waals surface area contributed by atoms with E-state index < -0.39 is 23.2 Å². The molecule has 10 nitrogen and oxygen atoms in total. The maximum Gasteiger partial charge on any atom is 0.321 e. The van der Waals surface area contributed by atoms with Crippen molar-refractivity contribution in [3.8, 4) is 0 Å². The highest BCUT2D eigenvalue weighted by Gasteiger charge is 2.24. The number of rotatable bonds is 6. The predicted molar refractivity (Wildman–Crippen MR) is 95.4 cm³/mol. The van der Waals surface area contributed by atoms with E-state index in [-0.39, 0.29) is 6.03 Å². The van der Waals surface area contributed by atoms with E-state index in [1.165, 1.54) is 17.5 Å². The summed E-state index contributed by atoms with van der Waals surface area (Å²) in [5.41, 5.74) is 2.09. The van der Waals surface area contributed by atoms with Crippen molar-refractivity contribution in [2.75, 3.05) is 31.5 Å². The molecule has 1 aromatic rings. The molecule has 0 radical (unpaired) electrons. The first-order valence-corrected chi connectivity index (χ1v) is 9.21. The van der Waals surface area contributed by atoms with Crippen LogP contribution in [-0.2, 0) is 20.3 Å². The first-order valence-electron chi connectivity index (χ1n) is 7.76. The van der Waals surface area contributed by atoms with Crippen molar-refractivity contribution in [1.29, 1.82) is 0 Å². The summed E-state index contributed by atoms with van der Waals surface area (Å²) in [6, 6.07) is 5.63. The monoisotopic (exact) mass is 405 g/mol. The molecular weight excluding hydrogens is 386 g/mol. The fourth-order valence-electron chi connectivity index (χ4n) is 2.11. The number of benzene rings is 1. The summed E-state index contributed by atoms with van der Waals surface area (Å²) in [6.07, 6.45) is 0. The lowest BCUT2D eigenvalue weighted by molar-refractivity contribution is -0.130. The summed E-state index contributed by atoms with van der Waals surface area (Å²) in [6.45, 7) is 2.88. The van der Waals surface area contributed by atoms with Gasteiger partial charge in [-0.3, -0.25) is 10.0 Å². The lowest BCUT2D eigenvalue weighted by Crippen LogP contribution is -2.51. The number of amides is 3. The number of halogens is 1. The first kappa shape index (κ1) is 20.6. The maximum absolute atomic E-state index is 12.2. The van der Waals surface area contributed by atoms with Crippen LogP contribution in [-0.4, -0.2) is 63.5 Å². The summed E-state index contributed by atoms with van der Waals surface area (Å²) in [5, 5.41) is 13.3. The second-order valence-corrected chi connectivity index (χ2v) is 6.77. The average Bonchev–Trinajstić information content (AvgIpc) is 2.63. The second-order valence-electron chi connectivity index (χ2n) is 5.48. The topological polar surface area (TPSA) is 123 Å². The van der Waals surface area contributed by atoms with E-state index >= 15 is 0 Å². The summed E-state index contributed by atoms with van der Waals surface area (Å²) >= 11 is 3.85. The average molecular weight is 406 g/mol. The van der Waals surface area contributed by atoms with Crippen LogP contribution in [0.25, 0.3) is 0 Å². The number of nitrogens with zero attached hydrogens (tertiary/aromatic N) is 2. The molecule has 12 heteroatoms. The molecule has 2 atom stereocenters. The number of carbonyl (C=O) groups is 2. The highest BCUT2D eigenvalue weighted by Crippen LogP contribution is 2.14. The smallest absolute Gasteiger partial charge is 0.321 e. The number of urea groups is 1. The Morgan fingerprint density at radius 3 is 2.42 bits per heavy atom. The molecule has 1 saturated heterocycles. The van der Waals surface area contributed by atoms with E-state index in [2.05, 4.69) is 10.0 Å². The Morgan fingerprint density at radius 2 is 1.85 bits per heavy atom. The molecule has 1 aliphatic rings. The van der Waals surface area contributed by atoms with Gasteiger partial charge in [0.15, 0.2) is 0 Å². The number of piperazine rings is 1. The van der Waals surface area contributed by atoms with Gasteiger partial charge >= 0.3 is 6.03 Å². The minimum atomic E-state index is -1.95. The quantitative estimate of drug-likeness (QED) is 0.403. The Kier molecular flexibility index (Phi) is 7.75. The van der Waals surface area contributed by atoms with Gasteiger partial charge in [0.25, 0.3) is 17.2 Å². The summed E-state index contributed by atoms with van der Waals surface area (Å²) in [7, 11) is 0. The van der Waals surface area contributed by atoms with Crippen LogP contribution in [0.2, 0.25) is 5.02 Å². The summed E-state index contributed by atoms with van der Waals surface area (Å²) < 4.78 is 19.4. The molecular formula is C14H20ClN5O5S. The van der Waals surface area contributed by atoms with E-state index in [4.69, 9.17) is 21.1 Å². The van der Waals surface area contributed by atoms with Crippen molar-refractivity contribution in [3.63, 3.8) is 0 Å². The van der Waals surface area contributed by atoms with Crippen molar-refractivity contribution >= 4 is 40.5 Å². The van der Waals surface area contributed by atoms with Crippen molar-refractivity contribution in [3.05, 3.63) is 29.3 Å². The van der Waals surface area contributed by atoms with Crippen LogP contribution >= 0.6 is 11.6 Å². The molecule has 1 fully saturated rings. The van der Waals surface area contributed by atoms with Crippen molar-refractivity contribution in [2.45, 2.75) is 13.0 Å². The van der Waals surface area contributed by atoms with Gasteiger partial charge in [0.2, 0.25) is 0 Å². The van der Waals surface area contributed by atoms with E-state index in [1.807, 2.05) is 0 Å². The molecule has 2 unspecified atom stereocenters. The predicted octanol–water partition coefficient (Wildman–Crippen LogP) is 0.483. The Morgan fingerprint density at radius 1 is 1.23 bits per heavy atom. The van der Waals surface area contributed by atoms with E-state index in [9.17, 15) is 13.8 Å². The molecule has 0 spiro atoms. The zero-order chi connectivity index (χ0) is 19.1. The van der Waals surface area contributed by atoms with Gasteiger partial charge in [0, 0.05) is 36.9 Å². The number of hydrogen-bond donors (Lipinski definition) is 4. The van der Waals surface area contributed by atoms with Gasteiger partial charge < -0.3 is 10.2 Å². The van der Waals surface area contributed by atoms with E-state index in [0.717, 1.165) is 0 Å². The maximum atomic E-state index is 12.2. The molecule has 1 heterocycles. The van der Waals surface area contributed by atoms with Gasteiger partial charge in [-0.05, 0) is 31.2 Å². The number of carbonyl (C=O) groups excluding carboxylic acids is 2. The van der Waals surface area contributed by atoms with Gasteiger partial charge in [-0.15, -0.1) is 0 Å². The van der Waals surface area contributed by atoms with Crippen LogP contribution in [0.3, 0.4) is 0 Å². The Hall–Kier alpha value is -1.76. The molecule has 0 saturated carbocycles. The van der Waals surface area contributed by atoms with Crippen molar-refractivity contribution in [2.24, 2.45) is 0 Å². The van der Waals surface area contributed by atoms with Gasteiger partial charge in [0.05, 0.1) is 6.04 Å². The Labute approximate surface area is 158 Å². The van der Waals surface area contributed by atoms with Crippen LogP contribution in [0.5, 0.6) is 0 Å². The fourth-order valence-corrected chi connectivity index (χ4v) is 3.02. The molecule has 4 N–H and O–H groups in total. The zero-order valence-electron chi connectivity index (χ0n) is 14.0. The number of nitrogens with one attached hydrogen (secondary N) is 3. The van der Waals surface area contributed by atoms with Crippen molar-refractivity contribution in [1.82, 2.24) is 20.2 Å². The minimum Gasteiger partial charge on any atom is -0.322 e. The molecule has 144 valence electrons. The Bertz CT molecular complexity index is 654. The third-order valence-corrected chi connectivity index (χ3v) is 4.72. The van der Waals surface area contributed by atoms with E-state index in [0.29, 0.717) is 36.9 Å². The number of anilines is 1. The molecule has 0 bridgehead atoms. The number of hydrogen-bond acceptors (Lipinski definition) is 6. The van der Waals surface area contributed by atoms with Crippen LogP contribution in [0.1, 0.15) is 6.92 Å². The largest absolute Gasteiger partial charge is 0.322 e. The van der Waals surface area contributed by atoms with Gasteiger partial charge in [-0.2, -0.15) is 9.35 Å². The molecule has 26 heavy (non-hydrogen) atoms. The number of hydroxylamine groups is 3. The third kappa shape index (κ3) is 6.20. The normalized spacial score (nSPS) is 17.4. The lowest BCUT2D eigenvalue weighted by atomic mass is 10.3. The van der Waals surface area contributed by atoms with Gasteiger partial charge in [0.1, 0.15) is 0 Å². The first-order chi connectivity index (χ1) is 12.4. The van der Waals surface area contributed by atoms with Gasteiger partial charge in [-0.1, -0.05) is 11.6 Å². The summed E-state index contributed by atoms with van der Waals surface area (Å²) in [4.78, 5) is 25.0. The standard InChI is InChI=1S/C14H20ClN5O5S/c1-10(13(21)17-23)18-26(24)25-20-8-6-19(7-9-20)14(22)16-12-4-2-11(15)3-5-12/h2-5,10,18,23H,6-9H2,1H3,(H,16,22)(H,17,21). The molecule has 0 aliphatic carbocycles. The summed E-state index contributed by atoms with van der Waals surface area (Å²) in [5.74, 6) is -0.731. The van der Waals surface area contributed by atoms with E-state index in [1.54, 1.807) is 29.2 Å². The van der Waals surface area contributed by atoms with Crippen molar-refractivity contribution < 1.29 is 23.3 Å². The molecule has 3 amide bonds. The van der Waals surface area contributed by atoms with Crippen LogP contribution in [0.15, 0.2) is 24.3 Å².